The summed E-state index contributed by atoms with van der Waals surface area (Å²) in [7, 11) is 0. The first-order chi connectivity index (χ1) is 12.1. The van der Waals surface area contributed by atoms with Crippen molar-refractivity contribution >= 4 is 39.1 Å². The summed E-state index contributed by atoms with van der Waals surface area (Å²) in [5, 5.41) is 7.26. The number of rotatable bonds is 5. The lowest BCUT2D eigenvalue weighted by Gasteiger charge is -2.20. The van der Waals surface area contributed by atoms with Gasteiger partial charge in [-0.3, -0.25) is 14.3 Å². The molecule has 4 rings (SSSR count). The minimum absolute atomic E-state index is 0.105. The van der Waals surface area contributed by atoms with Crippen LogP contribution in [0.3, 0.4) is 0 Å². The van der Waals surface area contributed by atoms with E-state index >= 15 is 0 Å². The summed E-state index contributed by atoms with van der Waals surface area (Å²) < 4.78 is 2.73. The highest BCUT2D eigenvalue weighted by atomic mass is 79.9. The number of halogens is 1. The van der Waals surface area contributed by atoms with Crippen molar-refractivity contribution in [2.75, 3.05) is 16.8 Å². The SMILES string of the molecule is O=C(Cn1ncc(Br)c1C1CC1)Nc1ccccc1N1CCCC1=O. The van der Waals surface area contributed by atoms with Crippen LogP contribution in [0.1, 0.15) is 37.3 Å². The zero-order chi connectivity index (χ0) is 17.4. The fraction of sp³-hybridized carbons (Fsp3) is 0.389. The number of para-hydroxylation sites is 2. The zero-order valence-electron chi connectivity index (χ0n) is 13.7. The molecule has 0 unspecified atom stereocenters. The van der Waals surface area contributed by atoms with Crippen LogP contribution >= 0.6 is 15.9 Å². The largest absolute Gasteiger partial charge is 0.323 e. The molecule has 2 aromatic rings. The molecule has 2 heterocycles. The molecule has 1 saturated heterocycles. The number of carbonyl (C=O) groups is 2. The van der Waals surface area contributed by atoms with Crippen LogP contribution in [0.15, 0.2) is 34.9 Å². The van der Waals surface area contributed by atoms with Gasteiger partial charge in [0.05, 0.1) is 27.7 Å². The van der Waals surface area contributed by atoms with Gasteiger partial charge in [0.25, 0.3) is 0 Å². The summed E-state index contributed by atoms with van der Waals surface area (Å²) in [6, 6.07) is 7.45. The number of carbonyl (C=O) groups excluding carboxylic acids is 2. The van der Waals surface area contributed by atoms with Crippen LogP contribution in [-0.2, 0) is 16.1 Å². The third kappa shape index (κ3) is 3.33. The van der Waals surface area contributed by atoms with E-state index in [1.807, 2.05) is 24.3 Å². The molecule has 6 nitrogen and oxygen atoms in total. The van der Waals surface area contributed by atoms with Crippen LogP contribution in [0.2, 0.25) is 0 Å². The maximum atomic E-state index is 12.5. The van der Waals surface area contributed by atoms with Crippen LogP contribution < -0.4 is 10.2 Å². The first-order valence-corrected chi connectivity index (χ1v) is 9.33. The Hall–Kier alpha value is -2.15. The second-order valence-corrected chi connectivity index (χ2v) is 7.38. The van der Waals surface area contributed by atoms with Gasteiger partial charge < -0.3 is 10.2 Å². The van der Waals surface area contributed by atoms with Crippen molar-refractivity contribution in [2.24, 2.45) is 0 Å². The van der Waals surface area contributed by atoms with E-state index < -0.39 is 0 Å². The lowest BCUT2D eigenvalue weighted by Crippen LogP contribution is -2.26. The van der Waals surface area contributed by atoms with Gasteiger partial charge in [-0.1, -0.05) is 12.1 Å². The van der Waals surface area contributed by atoms with Crippen molar-refractivity contribution in [3.8, 4) is 0 Å². The Labute approximate surface area is 154 Å². The first kappa shape index (κ1) is 16.3. The van der Waals surface area contributed by atoms with E-state index in [1.54, 1.807) is 15.8 Å². The van der Waals surface area contributed by atoms with E-state index in [0.717, 1.165) is 35.1 Å². The van der Waals surface area contributed by atoms with Gasteiger partial charge in [0.1, 0.15) is 6.54 Å². The number of amides is 2. The molecule has 7 heteroatoms. The number of hydrogen-bond acceptors (Lipinski definition) is 3. The second-order valence-electron chi connectivity index (χ2n) is 6.52. The molecule has 2 amide bonds. The molecular weight excluding hydrogens is 384 g/mol. The van der Waals surface area contributed by atoms with Gasteiger partial charge in [0, 0.05) is 18.9 Å². The zero-order valence-corrected chi connectivity index (χ0v) is 15.3. The van der Waals surface area contributed by atoms with Gasteiger partial charge in [-0.2, -0.15) is 5.10 Å². The Morgan fingerprint density at radius 2 is 2.12 bits per heavy atom. The Kier molecular flexibility index (Phi) is 4.33. The molecule has 0 atom stereocenters. The Bertz CT molecular complexity index is 828. The minimum Gasteiger partial charge on any atom is -0.323 e. The molecule has 2 fully saturated rings. The van der Waals surface area contributed by atoms with Crippen molar-refractivity contribution < 1.29 is 9.59 Å². The molecule has 1 aromatic carbocycles. The van der Waals surface area contributed by atoms with Crippen molar-refractivity contribution in [1.29, 1.82) is 0 Å². The summed E-state index contributed by atoms with van der Waals surface area (Å²) in [4.78, 5) is 26.3. The third-order valence-electron chi connectivity index (χ3n) is 4.63. The summed E-state index contributed by atoms with van der Waals surface area (Å²) in [6.07, 6.45) is 5.46. The molecule has 0 spiro atoms. The van der Waals surface area contributed by atoms with Crippen LogP contribution in [0, 0.1) is 0 Å². The summed E-state index contributed by atoms with van der Waals surface area (Å²) >= 11 is 3.52. The standard InChI is InChI=1S/C18H19BrN4O2/c19-13-10-20-23(18(13)12-7-8-12)11-16(24)21-14-4-1-2-5-15(14)22-9-3-6-17(22)25/h1-2,4-5,10,12H,3,6-9,11H2,(H,21,24). The normalized spacial score (nSPS) is 17.2. The highest BCUT2D eigenvalue weighted by Crippen LogP contribution is 2.43. The van der Waals surface area contributed by atoms with Gasteiger partial charge in [0.2, 0.25) is 11.8 Å². The highest BCUT2D eigenvalue weighted by molar-refractivity contribution is 9.10. The molecule has 1 aromatic heterocycles. The Balaban J connectivity index is 1.51. The summed E-state index contributed by atoms with van der Waals surface area (Å²) in [6.45, 7) is 0.864. The number of nitrogens with one attached hydrogen (secondary N) is 1. The molecule has 1 aliphatic heterocycles. The lowest BCUT2D eigenvalue weighted by atomic mass is 10.2. The van der Waals surface area contributed by atoms with E-state index in [9.17, 15) is 9.59 Å². The quantitative estimate of drug-likeness (QED) is 0.833. The van der Waals surface area contributed by atoms with E-state index in [0.29, 0.717) is 24.6 Å². The molecule has 1 saturated carbocycles. The van der Waals surface area contributed by atoms with Crippen molar-refractivity contribution in [3.63, 3.8) is 0 Å². The summed E-state index contributed by atoms with van der Waals surface area (Å²) in [5.74, 6) is 0.463. The smallest absolute Gasteiger partial charge is 0.246 e. The molecule has 0 bridgehead atoms. The predicted molar refractivity (Wildman–Crippen MR) is 98.6 cm³/mol. The van der Waals surface area contributed by atoms with Crippen LogP contribution in [0.5, 0.6) is 0 Å². The van der Waals surface area contributed by atoms with Crippen LogP contribution in [-0.4, -0.2) is 28.1 Å². The van der Waals surface area contributed by atoms with E-state index in [2.05, 4.69) is 26.3 Å². The first-order valence-electron chi connectivity index (χ1n) is 8.54. The number of anilines is 2. The van der Waals surface area contributed by atoms with Crippen LogP contribution in [0.25, 0.3) is 0 Å². The monoisotopic (exact) mass is 402 g/mol. The van der Waals surface area contributed by atoms with E-state index in [1.165, 1.54) is 0 Å². The molecule has 25 heavy (non-hydrogen) atoms. The molecule has 1 N–H and O–H groups in total. The molecule has 2 aliphatic rings. The van der Waals surface area contributed by atoms with Crippen LogP contribution in [0.4, 0.5) is 11.4 Å². The topological polar surface area (TPSA) is 67.2 Å². The van der Waals surface area contributed by atoms with E-state index in [4.69, 9.17) is 0 Å². The fourth-order valence-corrected chi connectivity index (χ4v) is 3.92. The van der Waals surface area contributed by atoms with Crippen molar-refractivity contribution in [1.82, 2.24) is 9.78 Å². The van der Waals surface area contributed by atoms with Crippen molar-refractivity contribution in [3.05, 3.63) is 40.6 Å². The van der Waals surface area contributed by atoms with E-state index in [-0.39, 0.29) is 18.4 Å². The Morgan fingerprint density at radius 1 is 1.32 bits per heavy atom. The molecule has 130 valence electrons. The minimum atomic E-state index is -0.142. The molecule has 1 aliphatic carbocycles. The lowest BCUT2D eigenvalue weighted by molar-refractivity contribution is -0.118. The third-order valence-corrected chi connectivity index (χ3v) is 5.24. The maximum absolute atomic E-state index is 12.5. The predicted octanol–water partition coefficient (Wildman–Crippen LogP) is 3.29. The number of benzene rings is 1. The van der Waals surface area contributed by atoms with Gasteiger partial charge in [-0.25, -0.2) is 0 Å². The van der Waals surface area contributed by atoms with Gasteiger partial charge in [-0.15, -0.1) is 0 Å². The maximum Gasteiger partial charge on any atom is 0.246 e. The average Bonchev–Trinajstić information content (AvgIpc) is 3.23. The van der Waals surface area contributed by atoms with Gasteiger partial charge >= 0.3 is 0 Å². The molecule has 0 radical (unpaired) electrons. The van der Waals surface area contributed by atoms with Gasteiger partial charge in [-0.05, 0) is 47.3 Å². The number of nitrogens with zero attached hydrogens (tertiary/aromatic N) is 3. The average molecular weight is 403 g/mol. The number of aromatic nitrogens is 2. The Morgan fingerprint density at radius 3 is 2.84 bits per heavy atom. The van der Waals surface area contributed by atoms with Crippen molar-refractivity contribution in [2.45, 2.75) is 38.1 Å². The molecular formula is C18H19BrN4O2. The summed E-state index contributed by atoms with van der Waals surface area (Å²) in [5.41, 5.74) is 2.53. The van der Waals surface area contributed by atoms with Gasteiger partial charge in [0.15, 0.2) is 0 Å². The fourth-order valence-electron chi connectivity index (χ4n) is 3.30. The highest BCUT2D eigenvalue weighted by Gasteiger charge is 2.30. The second kappa shape index (κ2) is 6.63. The number of hydrogen-bond donors (Lipinski definition) is 1.